The minimum atomic E-state index is -0.852. The van der Waals surface area contributed by atoms with E-state index in [1.54, 1.807) is 17.9 Å². The van der Waals surface area contributed by atoms with Gasteiger partial charge in [-0.1, -0.05) is 6.08 Å². The van der Waals surface area contributed by atoms with Crippen LogP contribution in [-0.2, 0) is 9.59 Å². The largest absolute Gasteiger partial charge is 0.481 e. The molecule has 0 aromatic rings. The Kier molecular flexibility index (Phi) is 5.79. The van der Waals surface area contributed by atoms with Crippen LogP contribution in [0.5, 0.6) is 0 Å². The molecule has 0 aliphatic rings. The molecule has 0 spiro atoms. The van der Waals surface area contributed by atoms with Crippen LogP contribution in [-0.4, -0.2) is 40.9 Å². The summed E-state index contributed by atoms with van der Waals surface area (Å²) in [5, 5.41) is 8.51. The SMILES string of the molecule is C=CCN(CCC(=O)O)C(C)C(C)=O. The Morgan fingerprint density at radius 2 is 2.14 bits per heavy atom. The Balaban J connectivity index is 4.19. The summed E-state index contributed by atoms with van der Waals surface area (Å²) in [7, 11) is 0. The number of carbonyl (C=O) groups excluding carboxylic acids is 1. The predicted molar refractivity (Wildman–Crippen MR) is 54.2 cm³/mol. The van der Waals surface area contributed by atoms with Crippen molar-refractivity contribution < 1.29 is 14.7 Å². The molecule has 0 aliphatic heterocycles. The Morgan fingerprint density at radius 3 is 2.50 bits per heavy atom. The maximum atomic E-state index is 11.1. The topological polar surface area (TPSA) is 57.6 Å². The van der Waals surface area contributed by atoms with Crippen LogP contribution in [0.15, 0.2) is 12.7 Å². The fraction of sp³-hybridized carbons (Fsp3) is 0.600. The summed E-state index contributed by atoms with van der Waals surface area (Å²) in [6.45, 7) is 7.75. The van der Waals surface area contributed by atoms with Crippen LogP contribution in [0.1, 0.15) is 20.3 Å². The first-order chi connectivity index (χ1) is 6.49. The molecule has 80 valence electrons. The summed E-state index contributed by atoms with van der Waals surface area (Å²) in [6.07, 6.45) is 1.72. The monoisotopic (exact) mass is 199 g/mol. The molecule has 1 unspecified atom stereocenters. The van der Waals surface area contributed by atoms with Crippen molar-refractivity contribution >= 4 is 11.8 Å². The van der Waals surface area contributed by atoms with E-state index in [1.807, 2.05) is 0 Å². The van der Waals surface area contributed by atoms with Crippen molar-refractivity contribution in [3.8, 4) is 0 Å². The van der Waals surface area contributed by atoms with Gasteiger partial charge in [-0.05, 0) is 13.8 Å². The maximum Gasteiger partial charge on any atom is 0.304 e. The van der Waals surface area contributed by atoms with Gasteiger partial charge in [0.2, 0.25) is 0 Å². The zero-order valence-electron chi connectivity index (χ0n) is 8.69. The number of aliphatic carboxylic acids is 1. The lowest BCUT2D eigenvalue weighted by atomic mass is 10.2. The van der Waals surface area contributed by atoms with E-state index in [-0.39, 0.29) is 18.2 Å². The molecular formula is C10H17NO3. The van der Waals surface area contributed by atoms with Crippen molar-refractivity contribution in [3.05, 3.63) is 12.7 Å². The lowest BCUT2D eigenvalue weighted by molar-refractivity contribution is -0.138. The van der Waals surface area contributed by atoms with Gasteiger partial charge in [-0.2, -0.15) is 0 Å². The van der Waals surface area contributed by atoms with Crippen molar-refractivity contribution in [2.75, 3.05) is 13.1 Å². The highest BCUT2D eigenvalue weighted by atomic mass is 16.4. The number of carbonyl (C=O) groups is 2. The molecule has 0 amide bonds. The van der Waals surface area contributed by atoms with E-state index in [4.69, 9.17) is 5.11 Å². The van der Waals surface area contributed by atoms with Crippen molar-refractivity contribution in [3.63, 3.8) is 0 Å². The molecule has 0 heterocycles. The predicted octanol–water partition coefficient (Wildman–Crippen LogP) is 0.927. The fourth-order valence-corrected chi connectivity index (χ4v) is 1.11. The highest BCUT2D eigenvalue weighted by molar-refractivity contribution is 5.81. The quantitative estimate of drug-likeness (QED) is 0.620. The number of Topliss-reactive ketones (excluding diaryl/α,β-unsaturated/α-hetero) is 1. The molecule has 0 aromatic carbocycles. The van der Waals surface area contributed by atoms with Gasteiger partial charge in [0.15, 0.2) is 0 Å². The fourth-order valence-electron chi connectivity index (χ4n) is 1.11. The van der Waals surface area contributed by atoms with Crippen LogP contribution in [0.2, 0.25) is 0 Å². The number of hydrogen-bond acceptors (Lipinski definition) is 3. The molecule has 0 saturated carbocycles. The van der Waals surface area contributed by atoms with Gasteiger partial charge < -0.3 is 5.11 Å². The first-order valence-corrected chi connectivity index (χ1v) is 4.56. The first kappa shape index (κ1) is 12.8. The lowest BCUT2D eigenvalue weighted by Gasteiger charge is -2.25. The molecule has 0 radical (unpaired) electrons. The van der Waals surface area contributed by atoms with Gasteiger partial charge in [0.25, 0.3) is 0 Å². The summed E-state index contributed by atoms with van der Waals surface area (Å²) in [5.41, 5.74) is 0. The number of carboxylic acids is 1. The summed E-state index contributed by atoms with van der Waals surface area (Å²) in [6, 6.07) is -0.243. The van der Waals surface area contributed by atoms with Crippen LogP contribution >= 0.6 is 0 Å². The van der Waals surface area contributed by atoms with Gasteiger partial charge >= 0.3 is 5.97 Å². The highest BCUT2D eigenvalue weighted by Crippen LogP contribution is 2.01. The number of rotatable bonds is 7. The minimum absolute atomic E-state index is 0.0391. The summed E-state index contributed by atoms with van der Waals surface area (Å²) in [4.78, 5) is 23.2. The standard InChI is InChI=1S/C10H17NO3/c1-4-6-11(7-5-10(13)14)8(2)9(3)12/h4,8H,1,5-7H2,2-3H3,(H,13,14). The third-order valence-corrected chi connectivity index (χ3v) is 2.11. The zero-order valence-corrected chi connectivity index (χ0v) is 8.69. The van der Waals surface area contributed by atoms with E-state index in [2.05, 4.69) is 6.58 Å². The van der Waals surface area contributed by atoms with E-state index in [9.17, 15) is 9.59 Å². The van der Waals surface area contributed by atoms with E-state index in [1.165, 1.54) is 6.92 Å². The Bertz CT molecular complexity index is 225. The Hall–Kier alpha value is -1.16. The molecule has 0 aromatic heterocycles. The average Bonchev–Trinajstić information content (AvgIpc) is 2.10. The highest BCUT2D eigenvalue weighted by Gasteiger charge is 2.16. The molecule has 0 fully saturated rings. The van der Waals surface area contributed by atoms with E-state index < -0.39 is 5.97 Å². The van der Waals surface area contributed by atoms with E-state index in [0.29, 0.717) is 13.1 Å². The second-order valence-corrected chi connectivity index (χ2v) is 3.21. The summed E-state index contributed by atoms with van der Waals surface area (Å²) in [5.74, 6) is -0.813. The average molecular weight is 199 g/mol. The van der Waals surface area contributed by atoms with Crippen molar-refractivity contribution in [2.45, 2.75) is 26.3 Å². The third-order valence-electron chi connectivity index (χ3n) is 2.11. The smallest absolute Gasteiger partial charge is 0.304 e. The first-order valence-electron chi connectivity index (χ1n) is 4.56. The van der Waals surface area contributed by atoms with Gasteiger partial charge in [-0.15, -0.1) is 6.58 Å². The number of hydrogen-bond donors (Lipinski definition) is 1. The van der Waals surface area contributed by atoms with Gasteiger partial charge in [0, 0.05) is 13.1 Å². The molecule has 0 aliphatic carbocycles. The molecule has 0 rings (SSSR count). The van der Waals surface area contributed by atoms with Crippen LogP contribution in [0, 0.1) is 0 Å². The lowest BCUT2D eigenvalue weighted by Crippen LogP contribution is -2.39. The molecule has 1 N–H and O–H groups in total. The van der Waals surface area contributed by atoms with Gasteiger partial charge in [0.1, 0.15) is 5.78 Å². The summed E-state index contributed by atoms with van der Waals surface area (Å²) < 4.78 is 0. The summed E-state index contributed by atoms with van der Waals surface area (Å²) >= 11 is 0. The third kappa shape index (κ3) is 4.77. The number of carboxylic acid groups (broad SMARTS) is 1. The van der Waals surface area contributed by atoms with Crippen molar-refractivity contribution in [1.29, 1.82) is 0 Å². The molecule has 14 heavy (non-hydrogen) atoms. The number of ketones is 1. The molecule has 0 bridgehead atoms. The van der Waals surface area contributed by atoms with Crippen LogP contribution in [0.25, 0.3) is 0 Å². The second kappa shape index (κ2) is 6.32. The zero-order chi connectivity index (χ0) is 11.1. The second-order valence-electron chi connectivity index (χ2n) is 3.21. The number of nitrogens with zero attached hydrogens (tertiary/aromatic N) is 1. The van der Waals surface area contributed by atoms with E-state index in [0.717, 1.165) is 0 Å². The molecule has 4 heteroatoms. The van der Waals surface area contributed by atoms with Crippen LogP contribution in [0.3, 0.4) is 0 Å². The van der Waals surface area contributed by atoms with Gasteiger partial charge in [0.05, 0.1) is 12.5 Å². The van der Waals surface area contributed by atoms with Gasteiger partial charge in [-0.25, -0.2) is 0 Å². The van der Waals surface area contributed by atoms with E-state index >= 15 is 0 Å². The maximum absolute atomic E-state index is 11.1. The molecular weight excluding hydrogens is 182 g/mol. The molecule has 4 nitrogen and oxygen atoms in total. The minimum Gasteiger partial charge on any atom is -0.481 e. The van der Waals surface area contributed by atoms with Crippen LogP contribution in [0.4, 0.5) is 0 Å². The van der Waals surface area contributed by atoms with Gasteiger partial charge in [-0.3, -0.25) is 14.5 Å². The van der Waals surface area contributed by atoms with Crippen molar-refractivity contribution in [1.82, 2.24) is 4.90 Å². The Labute approximate surface area is 84.2 Å². The molecule has 0 saturated heterocycles. The van der Waals surface area contributed by atoms with Crippen LogP contribution < -0.4 is 0 Å². The molecule has 1 atom stereocenters. The normalized spacial score (nSPS) is 12.5. The Morgan fingerprint density at radius 1 is 1.57 bits per heavy atom. The van der Waals surface area contributed by atoms with Crippen molar-refractivity contribution in [2.24, 2.45) is 0 Å².